The summed E-state index contributed by atoms with van der Waals surface area (Å²) in [7, 11) is 0. The lowest BCUT2D eigenvalue weighted by atomic mass is 9.95. The average molecular weight is 256 g/mol. The van der Waals surface area contributed by atoms with Crippen LogP contribution in [-0.4, -0.2) is 24.3 Å². The van der Waals surface area contributed by atoms with Gasteiger partial charge in [-0.2, -0.15) is 0 Å². The number of alkyl halides is 2. The van der Waals surface area contributed by atoms with E-state index in [1.165, 1.54) is 6.07 Å². The fraction of sp³-hybridized carbons (Fsp3) is 0.538. The van der Waals surface area contributed by atoms with Crippen LogP contribution >= 0.6 is 0 Å². The Morgan fingerprint density at radius 3 is 2.78 bits per heavy atom. The number of nitrogens with two attached hydrogens (primary N) is 1. The Kier molecular flexibility index (Phi) is 3.71. The van der Waals surface area contributed by atoms with E-state index in [0.717, 1.165) is 6.42 Å². The summed E-state index contributed by atoms with van der Waals surface area (Å²) in [4.78, 5) is 1.81. The molecule has 1 aromatic carbocycles. The maximum absolute atomic E-state index is 13.0. The Hall–Kier alpha value is -1.36. The number of hydrogen-bond acceptors (Lipinski definition) is 3. The quantitative estimate of drug-likeness (QED) is 0.799. The summed E-state index contributed by atoms with van der Waals surface area (Å²) < 4.78 is 26.0. The molecule has 5 heteroatoms. The fourth-order valence-corrected chi connectivity index (χ4v) is 2.30. The van der Waals surface area contributed by atoms with E-state index in [2.05, 4.69) is 0 Å². The van der Waals surface area contributed by atoms with E-state index in [9.17, 15) is 13.9 Å². The normalized spacial score (nSPS) is 24.6. The van der Waals surface area contributed by atoms with Gasteiger partial charge in [0, 0.05) is 30.0 Å². The van der Waals surface area contributed by atoms with E-state index in [0.29, 0.717) is 24.5 Å². The monoisotopic (exact) mass is 256 g/mol. The minimum atomic E-state index is -2.56. The molecule has 3 N–H and O–H groups in total. The van der Waals surface area contributed by atoms with Gasteiger partial charge in [0.15, 0.2) is 0 Å². The van der Waals surface area contributed by atoms with Gasteiger partial charge in [0.1, 0.15) is 0 Å². The molecule has 1 aliphatic rings. The molecule has 2 atom stereocenters. The van der Waals surface area contributed by atoms with Crippen molar-refractivity contribution in [2.24, 2.45) is 5.92 Å². The van der Waals surface area contributed by atoms with Crippen molar-refractivity contribution in [1.82, 2.24) is 0 Å². The van der Waals surface area contributed by atoms with Crippen molar-refractivity contribution in [3.8, 4) is 0 Å². The molecular weight excluding hydrogens is 238 g/mol. The SMILES string of the molecule is CC1CCN(c2ccc(N)cc2C(F)F)CC1O. The third-order valence-electron chi connectivity index (χ3n) is 3.55. The van der Waals surface area contributed by atoms with Gasteiger partial charge < -0.3 is 15.7 Å². The standard InChI is InChI=1S/C13H18F2N2O/c1-8-4-5-17(7-12(8)18)11-3-2-9(16)6-10(11)13(14)15/h2-3,6,8,12-13,18H,4-5,7,16H2,1H3. The van der Waals surface area contributed by atoms with Crippen LogP contribution in [0.5, 0.6) is 0 Å². The molecule has 1 heterocycles. The van der Waals surface area contributed by atoms with Crippen LogP contribution in [0.25, 0.3) is 0 Å². The highest BCUT2D eigenvalue weighted by molar-refractivity contribution is 5.60. The van der Waals surface area contributed by atoms with Crippen LogP contribution in [0.15, 0.2) is 18.2 Å². The molecule has 2 rings (SSSR count). The van der Waals surface area contributed by atoms with Crippen molar-refractivity contribution in [2.45, 2.75) is 25.9 Å². The van der Waals surface area contributed by atoms with Gasteiger partial charge in [0.05, 0.1) is 6.10 Å². The maximum atomic E-state index is 13.0. The molecule has 100 valence electrons. The van der Waals surface area contributed by atoms with Crippen LogP contribution in [0.1, 0.15) is 25.3 Å². The fourth-order valence-electron chi connectivity index (χ4n) is 2.30. The van der Waals surface area contributed by atoms with Crippen molar-refractivity contribution in [1.29, 1.82) is 0 Å². The third kappa shape index (κ3) is 2.56. The van der Waals surface area contributed by atoms with Crippen LogP contribution in [0.3, 0.4) is 0 Å². The van der Waals surface area contributed by atoms with Crippen LogP contribution in [0.4, 0.5) is 20.2 Å². The zero-order chi connectivity index (χ0) is 13.3. The summed E-state index contributed by atoms with van der Waals surface area (Å²) >= 11 is 0. The molecule has 1 aliphatic heterocycles. The van der Waals surface area contributed by atoms with E-state index in [1.54, 1.807) is 12.1 Å². The molecule has 0 bridgehead atoms. The lowest BCUT2D eigenvalue weighted by Crippen LogP contribution is -2.43. The van der Waals surface area contributed by atoms with Crippen molar-refractivity contribution < 1.29 is 13.9 Å². The summed E-state index contributed by atoms with van der Waals surface area (Å²) in [6.07, 6.45) is -2.23. The second-order valence-electron chi connectivity index (χ2n) is 4.90. The van der Waals surface area contributed by atoms with Crippen LogP contribution in [-0.2, 0) is 0 Å². The van der Waals surface area contributed by atoms with Crippen LogP contribution < -0.4 is 10.6 Å². The number of benzene rings is 1. The number of nitrogens with zero attached hydrogens (tertiary/aromatic N) is 1. The van der Waals surface area contributed by atoms with E-state index in [-0.39, 0.29) is 11.5 Å². The number of piperidine rings is 1. The molecular formula is C13H18F2N2O. The largest absolute Gasteiger partial charge is 0.399 e. The molecule has 1 fully saturated rings. The molecule has 2 unspecified atom stereocenters. The molecule has 0 spiro atoms. The number of aliphatic hydroxyl groups excluding tert-OH is 1. The van der Waals surface area contributed by atoms with Crippen molar-refractivity contribution in [3.63, 3.8) is 0 Å². The Morgan fingerprint density at radius 2 is 2.17 bits per heavy atom. The number of nitrogen functional groups attached to an aromatic ring is 1. The Bertz CT molecular complexity index is 425. The second-order valence-corrected chi connectivity index (χ2v) is 4.90. The highest BCUT2D eigenvalue weighted by Gasteiger charge is 2.27. The van der Waals surface area contributed by atoms with Crippen molar-refractivity contribution in [3.05, 3.63) is 23.8 Å². The van der Waals surface area contributed by atoms with Gasteiger partial charge in [-0.3, -0.25) is 0 Å². The Balaban J connectivity index is 2.28. The molecule has 3 nitrogen and oxygen atoms in total. The first-order valence-electron chi connectivity index (χ1n) is 6.09. The third-order valence-corrected chi connectivity index (χ3v) is 3.55. The lowest BCUT2D eigenvalue weighted by molar-refractivity contribution is 0.102. The number of rotatable bonds is 2. The summed E-state index contributed by atoms with van der Waals surface area (Å²) in [5, 5.41) is 9.84. The smallest absolute Gasteiger partial charge is 0.265 e. The molecule has 0 amide bonds. The number of anilines is 2. The number of hydrogen-bond donors (Lipinski definition) is 2. The minimum absolute atomic E-state index is 0.0586. The minimum Gasteiger partial charge on any atom is -0.399 e. The summed E-state index contributed by atoms with van der Waals surface area (Å²) in [5.74, 6) is 0.213. The first-order valence-corrected chi connectivity index (χ1v) is 6.09. The highest BCUT2D eigenvalue weighted by Crippen LogP contribution is 2.33. The van der Waals surface area contributed by atoms with E-state index in [1.807, 2.05) is 11.8 Å². The van der Waals surface area contributed by atoms with E-state index < -0.39 is 12.5 Å². The van der Waals surface area contributed by atoms with Crippen molar-refractivity contribution >= 4 is 11.4 Å². The molecule has 1 aromatic rings. The molecule has 0 aromatic heterocycles. The van der Waals surface area contributed by atoms with Gasteiger partial charge >= 0.3 is 0 Å². The van der Waals surface area contributed by atoms with Gasteiger partial charge in [-0.15, -0.1) is 0 Å². The lowest BCUT2D eigenvalue weighted by Gasteiger charge is -2.36. The Labute approximate surface area is 105 Å². The number of halogens is 2. The average Bonchev–Trinajstić information content (AvgIpc) is 2.32. The zero-order valence-corrected chi connectivity index (χ0v) is 10.3. The van der Waals surface area contributed by atoms with E-state index in [4.69, 9.17) is 5.73 Å². The zero-order valence-electron chi connectivity index (χ0n) is 10.3. The van der Waals surface area contributed by atoms with Gasteiger partial charge in [-0.05, 0) is 30.5 Å². The number of aliphatic hydroxyl groups is 1. The summed E-state index contributed by atoms with van der Waals surface area (Å²) in [6.45, 7) is 3.05. The topological polar surface area (TPSA) is 49.5 Å². The molecule has 0 aliphatic carbocycles. The van der Waals surface area contributed by atoms with Gasteiger partial charge in [0.25, 0.3) is 6.43 Å². The van der Waals surface area contributed by atoms with Crippen molar-refractivity contribution in [2.75, 3.05) is 23.7 Å². The molecule has 0 radical (unpaired) electrons. The van der Waals surface area contributed by atoms with Crippen LogP contribution in [0.2, 0.25) is 0 Å². The first kappa shape index (κ1) is 13.1. The van der Waals surface area contributed by atoms with Gasteiger partial charge in [-0.1, -0.05) is 6.92 Å². The maximum Gasteiger partial charge on any atom is 0.265 e. The Morgan fingerprint density at radius 1 is 1.44 bits per heavy atom. The van der Waals surface area contributed by atoms with Gasteiger partial charge in [-0.25, -0.2) is 8.78 Å². The van der Waals surface area contributed by atoms with Crippen LogP contribution in [0, 0.1) is 5.92 Å². The summed E-state index contributed by atoms with van der Waals surface area (Å²) in [6, 6.07) is 4.54. The molecule has 1 saturated heterocycles. The summed E-state index contributed by atoms with van der Waals surface area (Å²) in [5.41, 5.74) is 6.29. The van der Waals surface area contributed by atoms with Gasteiger partial charge in [0.2, 0.25) is 0 Å². The first-order chi connectivity index (χ1) is 8.49. The number of β-amino-alcohol motifs (C(OH)–C–C–N with tert-alkyl or cyclic N) is 1. The second kappa shape index (κ2) is 5.10. The highest BCUT2D eigenvalue weighted by atomic mass is 19.3. The molecule has 18 heavy (non-hydrogen) atoms. The predicted octanol–water partition coefficient (Wildman–Crippen LogP) is 2.41. The predicted molar refractivity (Wildman–Crippen MR) is 67.8 cm³/mol. The molecule has 0 saturated carbocycles. The van der Waals surface area contributed by atoms with E-state index >= 15 is 0 Å².